The van der Waals surface area contributed by atoms with Crippen LogP contribution in [0.15, 0.2) is 30.5 Å². The number of nitrogens with zero attached hydrogens (tertiary/aromatic N) is 3. The standard InChI is InChI=1S/C28H34IN3O7S/c1-27(2,3)38-22(33)15-31(40(35)36)20-13-17(10-11-21(20)37-7)18-12-19-23(29)24(16-8-9-16)32(25(19)30-14-18)26(34)39-28(4,5)6/h10-14,16H,8-9,15H2,1-7H3,(H,35,36)/p-1. The summed E-state index contributed by atoms with van der Waals surface area (Å²) in [5.41, 5.74) is 1.50. The third-order valence-corrected chi connectivity index (χ3v) is 7.79. The van der Waals surface area contributed by atoms with E-state index in [1.54, 1.807) is 49.7 Å². The van der Waals surface area contributed by atoms with Gasteiger partial charge in [0.05, 0.1) is 12.8 Å². The number of hydrogen-bond acceptors (Lipinski definition) is 8. The highest BCUT2D eigenvalue weighted by molar-refractivity contribution is 14.1. The highest BCUT2D eigenvalue weighted by Crippen LogP contribution is 2.46. The molecule has 10 nitrogen and oxygen atoms in total. The molecule has 0 N–H and O–H groups in total. The minimum absolute atomic E-state index is 0.180. The lowest BCUT2D eigenvalue weighted by Gasteiger charge is -2.29. The Labute approximate surface area is 249 Å². The first-order valence-corrected chi connectivity index (χ1v) is 14.9. The van der Waals surface area contributed by atoms with Gasteiger partial charge in [-0.2, -0.15) is 0 Å². The van der Waals surface area contributed by atoms with Gasteiger partial charge in [0.25, 0.3) is 0 Å². The average Bonchev–Trinajstić information content (AvgIpc) is 3.63. The van der Waals surface area contributed by atoms with Crippen molar-refractivity contribution >= 4 is 62.6 Å². The molecule has 1 aliphatic rings. The molecule has 0 aliphatic heterocycles. The number of methoxy groups -OCH3 is 1. The number of fused-ring (bicyclic) bond motifs is 1. The van der Waals surface area contributed by atoms with Gasteiger partial charge < -0.3 is 18.8 Å². The van der Waals surface area contributed by atoms with E-state index in [9.17, 15) is 18.4 Å². The summed E-state index contributed by atoms with van der Waals surface area (Å²) in [6, 6.07) is 6.97. The zero-order chi connectivity index (χ0) is 29.6. The zero-order valence-electron chi connectivity index (χ0n) is 23.6. The minimum Gasteiger partial charge on any atom is -0.755 e. The van der Waals surface area contributed by atoms with Crippen LogP contribution in [0.5, 0.6) is 5.75 Å². The maximum Gasteiger partial charge on any atom is 0.420 e. The molecule has 0 bridgehead atoms. The third kappa shape index (κ3) is 6.77. The number of anilines is 1. The molecule has 216 valence electrons. The van der Waals surface area contributed by atoms with Crippen molar-refractivity contribution in [3.05, 3.63) is 39.7 Å². The monoisotopic (exact) mass is 682 g/mol. The first-order chi connectivity index (χ1) is 18.6. The SMILES string of the molecule is COc1ccc(-c2cnc3c(c2)c(I)c(C2CC2)n3C(=O)OC(C)(C)C)cc1N(CC(=O)OC(C)(C)C)S(=O)[O-]. The minimum atomic E-state index is -2.79. The van der Waals surface area contributed by atoms with Crippen LogP contribution in [0.25, 0.3) is 22.2 Å². The third-order valence-electron chi connectivity index (χ3n) is 5.97. The Morgan fingerprint density at radius 1 is 1.10 bits per heavy atom. The van der Waals surface area contributed by atoms with Crippen LogP contribution in [-0.2, 0) is 25.5 Å². The fourth-order valence-corrected chi connectivity index (χ4v) is 5.88. The number of benzene rings is 1. The average molecular weight is 683 g/mol. The fourth-order valence-electron chi connectivity index (χ4n) is 4.29. The molecular formula is C28H33IN3O7S-. The predicted molar refractivity (Wildman–Crippen MR) is 160 cm³/mol. The molecule has 0 spiro atoms. The van der Waals surface area contributed by atoms with Crippen molar-refractivity contribution in [1.29, 1.82) is 0 Å². The molecule has 12 heteroatoms. The molecule has 4 rings (SSSR count). The Hall–Kier alpha value is -2.71. The fraction of sp³-hybridized carbons (Fsp3) is 0.464. The molecule has 0 saturated heterocycles. The van der Waals surface area contributed by atoms with E-state index in [2.05, 4.69) is 27.6 Å². The van der Waals surface area contributed by atoms with Gasteiger partial charge in [-0.3, -0.25) is 13.3 Å². The molecule has 1 aliphatic carbocycles. The summed E-state index contributed by atoms with van der Waals surface area (Å²) in [5.74, 6) is -0.164. The largest absolute Gasteiger partial charge is 0.755 e. The molecule has 2 heterocycles. The molecule has 0 radical (unpaired) electrons. The van der Waals surface area contributed by atoms with Crippen molar-refractivity contribution in [2.24, 2.45) is 0 Å². The molecule has 1 atom stereocenters. The Bertz CT molecular complexity index is 1490. The second-order valence-corrected chi connectivity index (χ2v) is 13.6. The molecule has 40 heavy (non-hydrogen) atoms. The number of rotatable bonds is 7. The van der Waals surface area contributed by atoms with Crippen molar-refractivity contribution in [2.45, 2.75) is 71.5 Å². The lowest BCUT2D eigenvalue weighted by Crippen LogP contribution is -2.36. The number of aromatic nitrogens is 2. The Kier molecular flexibility index (Phi) is 8.53. The van der Waals surface area contributed by atoms with Gasteiger partial charge in [0.1, 0.15) is 23.5 Å². The Balaban J connectivity index is 1.78. The molecular weight excluding hydrogens is 649 g/mol. The summed E-state index contributed by atoms with van der Waals surface area (Å²) in [5, 5.41) is 0.793. The van der Waals surface area contributed by atoms with Gasteiger partial charge in [-0.05, 0) is 101 Å². The van der Waals surface area contributed by atoms with E-state index in [1.807, 2.05) is 26.8 Å². The van der Waals surface area contributed by atoms with Crippen molar-refractivity contribution < 1.29 is 32.6 Å². The number of carbonyl (C=O) groups is 2. The molecule has 1 fully saturated rings. The van der Waals surface area contributed by atoms with Crippen LogP contribution >= 0.6 is 22.6 Å². The van der Waals surface area contributed by atoms with E-state index in [1.165, 1.54) is 7.11 Å². The van der Waals surface area contributed by atoms with Gasteiger partial charge in [-0.15, -0.1) is 0 Å². The van der Waals surface area contributed by atoms with Gasteiger partial charge in [-0.25, -0.2) is 14.3 Å². The Morgan fingerprint density at radius 2 is 1.75 bits per heavy atom. The lowest BCUT2D eigenvalue weighted by molar-refractivity contribution is -0.152. The number of carbonyl (C=O) groups excluding carboxylic acids is 2. The van der Waals surface area contributed by atoms with E-state index in [0.29, 0.717) is 16.8 Å². The normalized spacial score (nSPS) is 14.6. The molecule has 2 aromatic heterocycles. The summed E-state index contributed by atoms with van der Waals surface area (Å²) >= 11 is -0.534. The molecule has 1 unspecified atom stereocenters. The number of esters is 1. The number of ether oxygens (including phenoxy) is 3. The number of hydrogen-bond donors (Lipinski definition) is 0. The van der Waals surface area contributed by atoms with Gasteiger partial charge >= 0.3 is 12.1 Å². The van der Waals surface area contributed by atoms with Gasteiger partial charge in [0.2, 0.25) is 0 Å². The van der Waals surface area contributed by atoms with Crippen LogP contribution in [0.2, 0.25) is 0 Å². The highest BCUT2D eigenvalue weighted by Gasteiger charge is 2.35. The first-order valence-electron chi connectivity index (χ1n) is 12.8. The van der Waals surface area contributed by atoms with E-state index in [4.69, 9.17) is 14.2 Å². The predicted octanol–water partition coefficient (Wildman–Crippen LogP) is 5.92. The topological polar surface area (TPSA) is 123 Å². The molecule has 0 amide bonds. The smallest absolute Gasteiger partial charge is 0.420 e. The summed E-state index contributed by atoms with van der Waals surface area (Å²) < 4.78 is 44.3. The summed E-state index contributed by atoms with van der Waals surface area (Å²) in [6.45, 7) is 10.1. The number of pyridine rings is 1. The maximum atomic E-state index is 13.2. The van der Waals surface area contributed by atoms with Crippen LogP contribution in [0, 0.1) is 3.57 Å². The van der Waals surface area contributed by atoms with Crippen LogP contribution in [0.4, 0.5) is 10.5 Å². The Morgan fingerprint density at radius 3 is 2.30 bits per heavy atom. The summed E-state index contributed by atoms with van der Waals surface area (Å²) in [4.78, 5) is 30.4. The summed E-state index contributed by atoms with van der Waals surface area (Å²) in [6.07, 6.45) is 3.14. The maximum absolute atomic E-state index is 13.2. The van der Waals surface area contributed by atoms with Crippen LogP contribution in [0.3, 0.4) is 0 Å². The van der Waals surface area contributed by atoms with E-state index >= 15 is 0 Å². The lowest BCUT2D eigenvalue weighted by atomic mass is 10.1. The van der Waals surface area contributed by atoms with Crippen molar-refractivity contribution in [3.8, 4) is 16.9 Å². The second-order valence-electron chi connectivity index (χ2n) is 11.6. The zero-order valence-corrected chi connectivity index (χ0v) is 26.5. The quantitative estimate of drug-likeness (QED) is 0.171. The van der Waals surface area contributed by atoms with E-state index in [0.717, 1.165) is 31.8 Å². The van der Waals surface area contributed by atoms with E-state index in [-0.39, 0.29) is 17.4 Å². The van der Waals surface area contributed by atoms with Gasteiger partial charge in [0.15, 0.2) is 5.65 Å². The second kappa shape index (κ2) is 11.3. The van der Waals surface area contributed by atoms with Crippen molar-refractivity contribution in [1.82, 2.24) is 9.55 Å². The van der Waals surface area contributed by atoms with Gasteiger partial charge in [0, 0.05) is 43.6 Å². The van der Waals surface area contributed by atoms with Gasteiger partial charge in [-0.1, -0.05) is 6.07 Å². The van der Waals surface area contributed by atoms with Crippen molar-refractivity contribution in [2.75, 3.05) is 18.0 Å². The van der Waals surface area contributed by atoms with Crippen LogP contribution in [0.1, 0.15) is 66.0 Å². The van der Waals surface area contributed by atoms with Crippen LogP contribution < -0.4 is 9.04 Å². The summed E-state index contributed by atoms with van der Waals surface area (Å²) in [7, 11) is 1.42. The van der Waals surface area contributed by atoms with E-state index < -0.39 is 41.1 Å². The van der Waals surface area contributed by atoms with Crippen molar-refractivity contribution in [3.63, 3.8) is 0 Å². The number of halogens is 1. The first kappa shape index (κ1) is 30.3. The van der Waals surface area contributed by atoms with Crippen LogP contribution in [-0.4, -0.2) is 55.2 Å². The molecule has 1 saturated carbocycles. The molecule has 1 aromatic carbocycles. The molecule has 3 aromatic rings. The highest BCUT2D eigenvalue weighted by atomic mass is 127.